The molecule has 1 fully saturated rings. The number of nitrogens with zero attached hydrogens (tertiary/aromatic N) is 2. The number of rotatable bonds is 6. The Morgan fingerprint density at radius 3 is 2.16 bits per heavy atom. The molecule has 0 atom stereocenters. The van der Waals surface area contributed by atoms with Gasteiger partial charge in [-0.3, -0.25) is 4.79 Å². The summed E-state index contributed by atoms with van der Waals surface area (Å²) in [5.74, 6) is -1.96. The van der Waals surface area contributed by atoms with Gasteiger partial charge in [0.05, 0.1) is 21.3 Å². The Hall–Kier alpha value is -2.50. The van der Waals surface area contributed by atoms with E-state index in [0.29, 0.717) is 12.5 Å². The van der Waals surface area contributed by atoms with Crippen molar-refractivity contribution in [3.8, 4) is 0 Å². The Balaban J connectivity index is 1.55. The lowest BCUT2D eigenvalue weighted by atomic mass is 9.81. The van der Waals surface area contributed by atoms with Gasteiger partial charge in [0, 0.05) is 18.8 Å². The minimum Gasteiger partial charge on any atom is -0.294 e. The maximum Gasteiger partial charge on any atom is 0.451 e. The highest BCUT2D eigenvalue weighted by molar-refractivity contribution is 7.92. The molecule has 0 spiro atoms. The summed E-state index contributed by atoms with van der Waals surface area (Å²) in [4.78, 5) is 17.9. The second-order valence-corrected chi connectivity index (χ2v) is 9.51. The van der Waals surface area contributed by atoms with Crippen molar-refractivity contribution < 1.29 is 39.6 Å². The van der Waals surface area contributed by atoms with E-state index in [1.165, 1.54) is 0 Å². The number of alkyl halides is 6. The largest absolute Gasteiger partial charge is 0.451 e. The second kappa shape index (κ2) is 8.21. The van der Waals surface area contributed by atoms with Crippen molar-refractivity contribution in [1.29, 1.82) is 0 Å². The number of halogens is 6. The van der Waals surface area contributed by atoms with Crippen molar-refractivity contribution in [3.05, 3.63) is 53.6 Å². The molecule has 1 aromatic carbocycles. The van der Waals surface area contributed by atoms with Crippen LogP contribution < -0.4 is 0 Å². The first-order valence-corrected chi connectivity index (χ1v) is 10.7. The van der Waals surface area contributed by atoms with Crippen LogP contribution in [0.1, 0.15) is 47.4 Å². The molecule has 1 heterocycles. The Kier molecular flexibility index (Phi) is 6.14. The number of sulfone groups is 1. The fourth-order valence-electron chi connectivity index (χ4n) is 3.30. The number of hydrogen-bond donors (Lipinski definition) is 0. The van der Waals surface area contributed by atoms with Crippen molar-refractivity contribution in [3.63, 3.8) is 0 Å². The standard InChI is InChI=1S/C19H16F6N2O3S/c20-18(21,22)13-2-1-3-14(8-13)31(29,30)15-6-11(7-15)4-5-16(28)12-9-26-17(27-10-12)19(23,24)25/h1-3,8-11,15H,4-7H2. The molecule has 1 saturated carbocycles. The molecule has 0 amide bonds. The van der Waals surface area contributed by atoms with Gasteiger partial charge < -0.3 is 0 Å². The summed E-state index contributed by atoms with van der Waals surface area (Å²) in [6, 6.07) is 3.55. The molecule has 0 unspecified atom stereocenters. The monoisotopic (exact) mass is 466 g/mol. The van der Waals surface area contributed by atoms with Gasteiger partial charge >= 0.3 is 12.4 Å². The number of Topliss-reactive ketones (excluding diaryl/α,β-unsaturated/α-hetero) is 1. The van der Waals surface area contributed by atoms with E-state index in [1.54, 1.807) is 0 Å². The van der Waals surface area contributed by atoms with Crippen LogP contribution in [0.25, 0.3) is 0 Å². The Labute approximate surface area is 173 Å². The number of aromatic nitrogens is 2. The van der Waals surface area contributed by atoms with Gasteiger partial charge in [-0.1, -0.05) is 6.07 Å². The zero-order chi connectivity index (χ0) is 23.0. The predicted molar refractivity (Wildman–Crippen MR) is 95.7 cm³/mol. The van der Waals surface area contributed by atoms with Gasteiger partial charge in [0.1, 0.15) is 0 Å². The van der Waals surface area contributed by atoms with E-state index in [1.807, 2.05) is 0 Å². The Morgan fingerprint density at radius 2 is 1.61 bits per heavy atom. The second-order valence-electron chi connectivity index (χ2n) is 7.28. The van der Waals surface area contributed by atoms with E-state index in [0.717, 1.165) is 30.6 Å². The van der Waals surface area contributed by atoms with Gasteiger partial charge in [0.2, 0.25) is 5.82 Å². The summed E-state index contributed by atoms with van der Waals surface area (Å²) in [6.45, 7) is 0. The van der Waals surface area contributed by atoms with Gasteiger partial charge in [0.25, 0.3) is 0 Å². The van der Waals surface area contributed by atoms with Crippen LogP contribution in [0.5, 0.6) is 0 Å². The normalized spacial score (nSPS) is 19.7. The SMILES string of the molecule is O=C(CCC1CC(S(=O)(=O)c2cccc(C(F)(F)F)c2)C1)c1cnc(C(F)(F)F)nc1. The van der Waals surface area contributed by atoms with Crippen LogP contribution in [0.2, 0.25) is 0 Å². The van der Waals surface area contributed by atoms with Crippen LogP contribution in [-0.4, -0.2) is 29.4 Å². The summed E-state index contributed by atoms with van der Waals surface area (Å²) in [5, 5.41) is -0.842. The molecule has 0 saturated heterocycles. The maximum atomic E-state index is 12.8. The molecule has 0 bridgehead atoms. The zero-order valence-electron chi connectivity index (χ0n) is 15.7. The lowest BCUT2D eigenvalue weighted by molar-refractivity contribution is -0.145. The van der Waals surface area contributed by atoms with Crippen molar-refractivity contribution in [1.82, 2.24) is 9.97 Å². The van der Waals surface area contributed by atoms with Gasteiger partial charge in [0.15, 0.2) is 15.6 Å². The number of ketones is 1. The molecule has 5 nitrogen and oxygen atoms in total. The predicted octanol–water partition coefficient (Wildman–Crippen LogP) is 4.73. The molecule has 1 aliphatic carbocycles. The van der Waals surface area contributed by atoms with E-state index in [2.05, 4.69) is 9.97 Å². The van der Waals surface area contributed by atoms with E-state index in [-0.39, 0.29) is 30.7 Å². The molecule has 31 heavy (non-hydrogen) atoms. The summed E-state index contributed by atoms with van der Waals surface area (Å²) < 4.78 is 101. The van der Waals surface area contributed by atoms with Crippen molar-refractivity contribution in [2.45, 2.75) is 48.2 Å². The minimum absolute atomic E-state index is 0.0320. The average Bonchev–Trinajstić information content (AvgIpc) is 2.65. The van der Waals surface area contributed by atoms with Crippen LogP contribution in [0.15, 0.2) is 41.6 Å². The first kappa shape index (κ1) is 23.2. The summed E-state index contributed by atoms with van der Waals surface area (Å²) in [5.41, 5.74) is -1.13. The number of carbonyl (C=O) groups excluding carboxylic acids is 1. The summed E-state index contributed by atoms with van der Waals surface area (Å²) >= 11 is 0. The molecule has 168 valence electrons. The van der Waals surface area contributed by atoms with Crippen molar-refractivity contribution >= 4 is 15.6 Å². The first-order valence-electron chi connectivity index (χ1n) is 9.12. The lowest BCUT2D eigenvalue weighted by Crippen LogP contribution is -2.36. The highest BCUT2D eigenvalue weighted by atomic mass is 32.2. The molecular formula is C19H16F6N2O3S. The average molecular weight is 466 g/mol. The Bertz CT molecular complexity index is 1060. The number of benzene rings is 1. The Morgan fingerprint density at radius 1 is 1.00 bits per heavy atom. The smallest absolute Gasteiger partial charge is 0.294 e. The molecule has 0 aliphatic heterocycles. The molecular weight excluding hydrogens is 450 g/mol. The fourth-order valence-corrected chi connectivity index (χ4v) is 5.30. The summed E-state index contributed by atoms with van der Waals surface area (Å²) in [6.07, 6.45) is -7.14. The maximum absolute atomic E-state index is 12.8. The molecule has 0 N–H and O–H groups in total. The fraction of sp³-hybridized carbons (Fsp3) is 0.421. The van der Waals surface area contributed by atoms with Crippen LogP contribution in [0, 0.1) is 5.92 Å². The van der Waals surface area contributed by atoms with E-state index in [9.17, 15) is 39.6 Å². The molecule has 1 aliphatic rings. The van der Waals surface area contributed by atoms with Gasteiger partial charge in [-0.15, -0.1) is 0 Å². The minimum atomic E-state index is -4.71. The van der Waals surface area contributed by atoms with E-state index < -0.39 is 49.5 Å². The third-order valence-corrected chi connectivity index (χ3v) is 7.30. The molecule has 0 radical (unpaired) electrons. The van der Waals surface area contributed by atoms with Crippen LogP contribution >= 0.6 is 0 Å². The van der Waals surface area contributed by atoms with Crippen molar-refractivity contribution in [2.24, 2.45) is 5.92 Å². The van der Waals surface area contributed by atoms with Crippen molar-refractivity contribution in [2.75, 3.05) is 0 Å². The quantitative estimate of drug-likeness (QED) is 0.455. The molecule has 2 aromatic rings. The zero-order valence-corrected chi connectivity index (χ0v) is 16.6. The number of hydrogen-bond acceptors (Lipinski definition) is 5. The van der Waals surface area contributed by atoms with E-state index >= 15 is 0 Å². The van der Waals surface area contributed by atoms with Gasteiger partial charge in [-0.05, 0) is 43.4 Å². The molecule has 3 rings (SSSR count). The highest BCUT2D eigenvalue weighted by Gasteiger charge is 2.40. The lowest BCUT2D eigenvalue weighted by Gasteiger charge is -2.34. The van der Waals surface area contributed by atoms with Crippen LogP contribution in [-0.2, 0) is 22.2 Å². The third-order valence-electron chi connectivity index (χ3n) is 5.13. The van der Waals surface area contributed by atoms with E-state index in [4.69, 9.17) is 0 Å². The number of carbonyl (C=O) groups is 1. The van der Waals surface area contributed by atoms with Crippen LogP contribution in [0.3, 0.4) is 0 Å². The summed E-state index contributed by atoms with van der Waals surface area (Å²) in [7, 11) is -3.94. The van der Waals surface area contributed by atoms with Crippen LogP contribution in [0.4, 0.5) is 26.3 Å². The molecule has 1 aromatic heterocycles. The van der Waals surface area contributed by atoms with Gasteiger partial charge in [-0.25, -0.2) is 18.4 Å². The first-order chi connectivity index (χ1) is 14.3. The van der Waals surface area contributed by atoms with Gasteiger partial charge in [-0.2, -0.15) is 26.3 Å². The topological polar surface area (TPSA) is 77.0 Å². The molecule has 12 heteroatoms. The highest BCUT2D eigenvalue weighted by Crippen LogP contribution is 2.40. The third kappa shape index (κ3) is 5.23.